The van der Waals surface area contributed by atoms with Gasteiger partial charge in [0.1, 0.15) is 5.82 Å². The van der Waals surface area contributed by atoms with Crippen molar-refractivity contribution in [3.63, 3.8) is 0 Å². The normalized spacial score (nSPS) is 16.2. The first-order chi connectivity index (χ1) is 19.5. The summed E-state index contributed by atoms with van der Waals surface area (Å²) >= 11 is 0. The maximum absolute atomic E-state index is 13.7. The highest BCUT2D eigenvalue weighted by atomic mass is 32.2. The summed E-state index contributed by atoms with van der Waals surface area (Å²) in [7, 11) is -4.65. The predicted molar refractivity (Wildman–Crippen MR) is 134 cm³/mol. The van der Waals surface area contributed by atoms with Crippen LogP contribution in [0.15, 0.2) is 65.8 Å². The zero-order valence-electron chi connectivity index (χ0n) is 21.2. The van der Waals surface area contributed by atoms with Gasteiger partial charge in [-0.1, -0.05) is 12.1 Å². The third kappa shape index (κ3) is 5.65. The van der Waals surface area contributed by atoms with Crippen molar-refractivity contribution in [3.8, 4) is 0 Å². The lowest BCUT2D eigenvalue weighted by Gasteiger charge is -2.39. The molecule has 2 aromatic carbocycles. The molecule has 1 atom stereocenters. The summed E-state index contributed by atoms with van der Waals surface area (Å²) < 4.78 is 123. The number of carbonyl (C=O) groups is 1. The molecule has 1 aromatic heterocycles. The molecule has 0 spiro atoms. The number of amides is 1. The van der Waals surface area contributed by atoms with Crippen LogP contribution < -0.4 is 9.62 Å². The monoisotopic (exact) mass is 621 g/mol. The number of nitrogens with zero attached hydrogens (tertiary/aromatic N) is 2. The quantitative estimate of drug-likeness (QED) is 0.333. The zero-order valence-corrected chi connectivity index (χ0v) is 22.1. The van der Waals surface area contributed by atoms with E-state index in [1.54, 1.807) is 0 Å². The summed E-state index contributed by atoms with van der Waals surface area (Å²) in [6, 6.07) is 5.18. The summed E-state index contributed by atoms with van der Waals surface area (Å²) in [6.45, 7) is -0.476. The Bertz CT molecular complexity index is 1560. The van der Waals surface area contributed by atoms with Gasteiger partial charge < -0.3 is 15.5 Å². The van der Waals surface area contributed by atoms with Gasteiger partial charge in [-0.05, 0) is 54.8 Å². The fourth-order valence-corrected chi connectivity index (χ4v) is 6.39. The van der Waals surface area contributed by atoms with Crippen molar-refractivity contribution in [1.82, 2.24) is 4.98 Å². The molecule has 0 radical (unpaired) electrons. The van der Waals surface area contributed by atoms with Crippen molar-refractivity contribution < 1.29 is 54.2 Å². The molecular formula is C26H22F7N3O5S. The maximum atomic E-state index is 13.7. The molecular weight excluding hydrogens is 599 g/mol. The molecule has 4 rings (SSSR count). The first-order valence-corrected chi connectivity index (χ1v) is 13.6. The molecule has 0 bridgehead atoms. The van der Waals surface area contributed by atoms with Gasteiger partial charge in [0.2, 0.25) is 5.91 Å². The highest BCUT2D eigenvalue weighted by Crippen LogP contribution is 2.51. The van der Waals surface area contributed by atoms with Crippen LogP contribution in [-0.2, 0) is 33.4 Å². The number of aliphatic hydroxyl groups is 2. The summed E-state index contributed by atoms with van der Waals surface area (Å²) in [4.78, 5) is 16.3. The first kappa shape index (κ1) is 31.2. The summed E-state index contributed by atoms with van der Waals surface area (Å²) in [5.74, 6) is -1.49. The molecule has 1 aliphatic rings. The summed E-state index contributed by atoms with van der Waals surface area (Å²) in [6.07, 6.45) is -10.7. The summed E-state index contributed by atoms with van der Waals surface area (Å²) in [5.41, 5.74) is -6.95. The van der Waals surface area contributed by atoms with E-state index in [0.717, 1.165) is 24.3 Å². The van der Waals surface area contributed by atoms with Gasteiger partial charge in [0.25, 0.3) is 15.6 Å². The first-order valence-electron chi connectivity index (χ1n) is 12.1. The van der Waals surface area contributed by atoms with Crippen LogP contribution in [0.3, 0.4) is 0 Å². The van der Waals surface area contributed by atoms with E-state index >= 15 is 0 Å². The van der Waals surface area contributed by atoms with Crippen molar-refractivity contribution in [2.45, 2.75) is 54.8 Å². The van der Waals surface area contributed by atoms with E-state index in [1.807, 2.05) is 0 Å². The zero-order chi connectivity index (χ0) is 31.1. The van der Waals surface area contributed by atoms with E-state index < -0.39 is 69.2 Å². The molecule has 0 fully saturated rings. The number of aliphatic hydroxyl groups excluding tert-OH is 1. The van der Waals surface area contributed by atoms with Gasteiger partial charge in [0.05, 0.1) is 23.2 Å². The number of rotatable bonds is 7. The van der Waals surface area contributed by atoms with E-state index in [0.29, 0.717) is 22.5 Å². The average Bonchev–Trinajstić information content (AvgIpc) is 2.91. The Balaban J connectivity index is 1.79. The molecule has 1 aliphatic heterocycles. The number of hydrogen-bond acceptors (Lipinski definition) is 6. The lowest BCUT2D eigenvalue weighted by Crippen LogP contribution is -2.54. The minimum absolute atomic E-state index is 0.185. The molecule has 1 amide bonds. The molecule has 3 N–H and O–H groups in total. The summed E-state index contributed by atoms with van der Waals surface area (Å²) in [5, 5.41) is 21.8. The van der Waals surface area contributed by atoms with Gasteiger partial charge in [-0.2, -0.15) is 26.3 Å². The van der Waals surface area contributed by atoms with Crippen LogP contribution in [0.4, 0.5) is 42.1 Å². The number of aromatic nitrogens is 1. The van der Waals surface area contributed by atoms with Crippen molar-refractivity contribution in [2.75, 3.05) is 9.62 Å². The number of hydrogen-bond donors (Lipinski definition) is 3. The van der Waals surface area contributed by atoms with Crippen molar-refractivity contribution in [3.05, 3.63) is 83.4 Å². The van der Waals surface area contributed by atoms with Crippen molar-refractivity contribution in [2.24, 2.45) is 0 Å². The van der Waals surface area contributed by atoms with Crippen molar-refractivity contribution in [1.29, 1.82) is 0 Å². The fourth-order valence-electron chi connectivity index (χ4n) is 4.67. The smallest absolute Gasteiger partial charge is 0.392 e. The third-order valence-electron chi connectivity index (χ3n) is 6.77. The molecule has 0 unspecified atom stereocenters. The Labute approximate surface area is 234 Å². The number of sulfonamides is 1. The Kier molecular flexibility index (Phi) is 8.28. The second kappa shape index (κ2) is 11.1. The lowest BCUT2D eigenvalue weighted by atomic mass is 9.87. The molecule has 3 aromatic rings. The molecule has 226 valence electrons. The van der Waals surface area contributed by atoms with Crippen LogP contribution in [0.1, 0.15) is 29.5 Å². The van der Waals surface area contributed by atoms with Gasteiger partial charge in [0.15, 0.2) is 0 Å². The van der Waals surface area contributed by atoms with Crippen molar-refractivity contribution >= 4 is 27.3 Å². The van der Waals surface area contributed by atoms with E-state index in [-0.39, 0.29) is 35.3 Å². The minimum Gasteiger partial charge on any atom is -0.392 e. The fraction of sp³-hybridized carbons (Fsp3) is 0.308. The third-order valence-corrected chi connectivity index (χ3v) is 8.65. The van der Waals surface area contributed by atoms with E-state index in [9.17, 15) is 54.2 Å². The minimum atomic E-state index is -6.16. The number of fused-ring (bicyclic) bond motifs is 1. The van der Waals surface area contributed by atoms with Crippen LogP contribution >= 0.6 is 0 Å². The topological polar surface area (TPSA) is 120 Å². The molecule has 2 heterocycles. The standard InChI is InChI=1S/C26H22F7N3O5S/c27-18-3-6-20(7-4-18)42(40,41)36-19(12-23(38)35-21-9-10-34-13-16(21)14-37)5-1-15-11-17(2-8-22(15)36)24(39,25(28,29)30)26(31,32)33/h2-4,6-11,13,19,37,39H,1,5,12,14H2,(H,34,35,38)/t19-/m0/s1. The highest BCUT2D eigenvalue weighted by Gasteiger charge is 2.71. The van der Waals surface area contributed by atoms with Crippen LogP contribution in [0.25, 0.3) is 0 Å². The number of pyridine rings is 1. The Morgan fingerprint density at radius 3 is 2.26 bits per heavy atom. The van der Waals surface area contributed by atoms with E-state index in [4.69, 9.17) is 0 Å². The van der Waals surface area contributed by atoms with Gasteiger partial charge in [-0.3, -0.25) is 14.1 Å². The SMILES string of the molecule is O=C(C[C@@H]1CCc2cc(C(O)(C(F)(F)F)C(F)(F)F)ccc2N1S(=O)(=O)c1ccc(F)cc1)Nc1ccncc1CO. The number of halogens is 7. The molecule has 0 saturated heterocycles. The van der Waals surface area contributed by atoms with Gasteiger partial charge in [-0.15, -0.1) is 0 Å². The lowest BCUT2D eigenvalue weighted by molar-refractivity contribution is -0.376. The van der Waals surface area contributed by atoms with Crippen LogP contribution in [0, 0.1) is 5.82 Å². The Morgan fingerprint density at radius 1 is 1.02 bits per heavy atom. The number of carbonyl (C=O) groups excluding carboxylic acids is 1. The second-order valence-corrected chi connectivity index (χ2v) is 11.3. The number of alkyl halides is 6. The molecule has 0 aliphatic carbocycles. The predicted octanol–water partition coefficient (Wildman–Crippen LogP) is 4.56. The Morgan fingerprint density at radius 2 is 1.67 bits per heavy atom. The average molecular weight is 622 g/mol. The van der Waals surface area contributed by atoms with Crippen LogP contribution in [0.2, 0.25) is 0 Å². The van der Waals surface area contributed by atoms with Crippen LogP contribution in [0.5, 0.6) is 0 Å². The number of benzene rings is 2. The Hall–Kier alpha value is -3.76. The maximum Gasteiger partial charge on any atom is 0.430 e. The number of anilines is 2. The van der Waals surface area contributed by atoms with Gasteiger partial charge in [-0.25, -0.2) is 12.8 Å². The number of nitrogens with one attached hydrogen (secondary N) is 1. The molecule has 42 heavy (non-hydrogen) atoms. The second-order valence-electron chi connectivity index (χ2n) is 9.44. The van der Waals surface area contributed by atoms with Crippen LogP contribution in [-0.4, -0.2) is 47.9 Å². The molecule has 8 nitrogen and oxygen atoms in total. The van der Waals surface area contributed by atoms with E-state index in [2.05, 4.69) is 10.3 Å². The molecule has 16 heteroatoms. The number of aryl methyl sites for hydroxylation is 1. The van der Waals surface area contributed by atoms with Gasteiger partial charge in [0, 0.05) is 35.6 Å². The molecule has 0 saturated carbocycles. The highest BCUT2D eigenvalue weighted by molar-refractivity contribution is 7.92. The van der Waals surface area contributed by atoms with Gasteiger partial charge >= 0.3 is 12.4 Å². The van der Waals surface area contributed by atoms with E-state index in [1.165, 1.54) is 18.5 Å². The largest absolute Gasteiger partial charge is 0.430 e.